The lowest BCUT2D eigenvalue weighted by Gasteiger charge is -2.30. The van der Waals surface area contributed by atoms with Gasteiger partial charge in [-0.05, 0) is 43.3 Å². The number of hydrogen-bond acceptors (Lipinski definition) is 6. The van der Waals surface area contributed by atoms with E-state index in [4.69, 9.17) is 14.2 Å². The predicted octanol–water partition coefficient (Wildman–Crippen LogP) is 2.96. The van der Waals surface area contributed by atoms with Crippen LogP contribution in [0.15, 0.2) is 42.5 Å². The van der Waals surface area contributed by atoms with Gasteiger partial charge in [-0.15, -0.1) is 0 Å². The van der Waals surface area contributed by atoms with Crippen LogP contribution in [0.5, 0.6) is 5.75 Å². The number of carbonyl (C=O) groups is 2. The lowest BCUT2D eigenvalue weighted by molar-refractivity contribution is 0.0600. The first-order valence-electron chi connectivity index (χ1n) is 9.21. The quantitative estimate of drug-likeness (QED) is 0.772. The summed E-state index contributed by atoms with van der Waals surface area (Å²) >= 11 is 0. The summed E-state index contributed by atoms with van der Waals surface area (Å²) in [5.74, 6) is -0.104. The largest absolute Gasteiger partial charge is 0.494 e. The van der Waals surface area contributed by atoms with Crippen molar-refractivity contribution in [2.24, 2.45) is 0 Å². The molecule has 1 fully saturated rings. The van der Waals surface area contributed by atoms with Crippen molar-refractivity contribution < 1.29 is 23.8 Å². The van der Waals surface area contributed by atoms with Crippen LogP contribution in [-0.4, -0.2) is 51.9 Å². The second-order valence-corrected chi connectivity index (χ2v) is 6.24. The summed E-state index contributed by atoms with van der Waals surface area (Å²) in [6, 6.07) is 12.1. The first-order chi connectivity index (χ1) is 13.6. The Hall–Kier alpha value is -3.06. The molecule has 1 saturated heterocycles. The molecule has 1 aliphatic rings. The molecule has 3 rings (SSSR count). The maximum Gasteiger partial charge on any atom is 0.337 e. The summed E-state index contributed by atoms with van der Waals surface area (Å²) in [7, 11) is 1.33. The number of ether oxygens (including phenoxy) is 3. The van der Waals surface area contributed by atoms with Crippen LogP contribution in [0.1, 0.15) is 27.6 Å². The van der Waals surface area contributed by atoms with Gasteiger partial charge < -0.3 is 24.4 Å². The van der Waals surface area contributed by atoms with Crippen LogP contribution in [-0.2, 0) is 9.47 Å². The number of nitrogens with one attached hydrogen (secondary N) is 1. The average molecular weight is 384 g/mol. The molecule has 0 saturated carbocycles. The van der Waals surface area contributed by atoms with Gasteiger partial charge in [-0.1, -0.05) is 6.07 Å². The van der Waals surface area contributed by atoms with Gasteiger partial charge in [0.1, 0.15) is 5.75 Å². The number of esters is 1. The Balaban J connectivity index is 1.90. The highest BCUT2D eigenvalue weighted by Gasteiger charge is 2.19. The van der Waals surface area contributed by atoms with Crippen LogP contribution >= 0.6 is 0 Å². The number of morpholine rings is 1. The maximum atomic E-state index is 12.8. The van der Waals surface area contributed by atoms with E-state index in [1.165, 1.54) is 7.11 Å². The van der Waals surface area contributed by atoms with Gasteiger partial charge in [0.25, 0.3) is 5.91 Å². The van der Waals surface area contributed by atoms with Crippen LogP contribution in [0.2, 0.25) is 0 Å². The van der Waals surface area contributed by atoms with Gasteiger partial charge in [0.15, 0.2) is 0 Å². The maximum absolute atomic E-state index is 12.8. The number of benzene rings is 2. The normalized spacial score (nSPS) is 13.7. The standard InChI is InChI=1S/C21H24N2O5/c1-3-28-17-6-4-5-15(13-17)20(24)22-18-14-16(21(25)26-2)7-8-19(18)23-9-11-27-12-10-23/h4-8,13-14H,3,9-12H2,1-2H3,(H,22,24). The van der Waals surface area contributed by atoms with Gasteiger partial charge in [0.2, 0.25) is 0 Å². The van der Waals surface area contributed by atoms with Crippen molar-refractivity contribution in [1.82, 2.24) is 0 Å². The van der Waals surface area contributed by atoms with E-state index in [0.717, 1.165) is 5.69 Å². The minimum Gasteiger partial charge on any atom is -0.494 e. The summed E-state index contributed by atoms with van der Waals surface area (Å²) in [5.41, 5.74) is 2.24. The van der Waals surface area contributed by atoms with Crippen molar-refractivity contribution in [3.63, 3.8) is 0 Å². The predicted molar refractivity (Wildman–Crippen MR) is 106 cm³/mol. The zero-order valence-electron chi connectivity index (χ0n) is 16.1. The Morgan fingerprint density at radius 3 is 2.61 bits per heavy atom. The molecule has 148 valence electrons. The second kappa shape index (κ2) is 9.23. The summed E-state index contributed by atoms with van der Waals surface area (Å²) in [6.45, 7) is 5.05. The minimum atomic E-state index is -0.456. The molecular formula is C21H24N2O5. The van der Waals surface area contributed by atoms with Crippen LogP contribution < -0.4 is 15.0 Å². The molecular weight excluding hydrogens is 360 g/mol. The van der Waals surface area contributed by atoms with Crippen LogP contribution in [0.4, 0.5) is 11.4 Å². The Bertz CT molecular complexity index is 846. The van der Waals surface area contributed by atoms with E-state index in [9.17, 15) is 9.59 Å². The van der Waals surface area contributed by atoms with Crippen LogP contribution in [0.3, 0.4) is 0 Å². The summed E-state index contributed by atoms with van der Waals surface area (Å²) in [5, 5.41) is 2.93. The number of rotatable bonds is 6. The van der Waals surface area contributed by atoms with Crippen molar-refractivity contribution in [1.29, 1.82) is 0 Å². The van der Waals surface area contributed by atoms with Crippen LogP contribution in [0.25, 0.3) is 0 Å². The summed E-state index contributed by atoms with van der Waals surface area (Å²) in [6.07, 6.45) is 0. The molecule has 0 spiro atoms. The molecule has 0 aromatic heterocycles. The van der Waals surface area contributed by atoms with Crippen molar-refractivity contribution >= 4 is 23.3 Å². The van der Waals surface area contributed by atoms with Crippen molar-refractivity contribution in [3.8, 4) is 5.75 Å². The molecule has 1 heterocycles. The van der Waals surface area contributed by atoms with Gasteiger partial charge in [0, 0.05) is 18.7 Å². The summed E-state index contributed by atoms with van der Waals surface area (Å²) < 4.78 is 15.7. The lowest BCUT2D eigenvalue weighted by atomic mass is 10.1. The fraction of sp³-hybridized carbons (Fsp3) is 0.333. The average Bonchev–Trinajstić information content (AvgIpc) is 2.74. The van der Waals surface area contributed by atoms with E-state index in [2.05, 4.69) is 10.2 Å². The molecule has 0 bridgehead atoms. The molecule has 7 nitrogen and oxygen atoms in total. The first-order valence-corrected chi connectivity index (χ1v) is 9.21. The zero-order chi connectivity index (χ0) is 19.9. The van der Waals surface area contributed by atoms with Crippen molar-refractivity contribution in [2.75, 3.05) is 50.2 Å². The highest BCUT2D eigenvalue weighted by molar-refractivity contribution is 6.07. The molecule has 1 amide bonds. The third-order valence-electron chi connectivity index (χ3n) is 4.42. The second-order valence-electron chi connectivity index (χ2n) is 6.24. The number of anilines is 2. The van der Waals surface area contributed by atoms with E-state index in [1.54, 1.807) is 36.4 Å². The Morgan fingerprint density at radius 1 is 1.11 bits per heavy atom. The van der Waals surface area contributed by atoms with E-state index >= 15 is 0 Å². The molecule has 0 unspecified atom stereocenters. The summed E-state index contributed by atoms with van der Waals surface area (Å²) in [4.78, 5) is 26.9. The highest BCUT2D eigenvalue weighted by Crippen LogP contribution is 2.29. The molecule has 7 heteroatoms. The number of methoxy groups -OCH3 is 1. The molecule has 28 heavy (non-hydrogen) atoms. The van der Waals surface area contributed by atoms with Gasteiger partial charge in [-0.2, -0.15) is 0 Å². The zero-order valence-corrected chi connectivity index (χ0v) is 16.1. The Labute approximate surface area is 164 Å². The SMILES string of the molecule is CCOc1cccc(C(=O)Nc2cc(C(=O)OC)ccc2N2CCOCC2)c1. The number of amides is 1. The highest BCUT2D eigenvalue weighted by atomic mass is 16.5. The molecule has 2 aromatic carbocycles. The first kappa shape index (κ1) is 19.7. The van der Waals surface area contributed by atoms with E-state index in [1.807, 2.05) is 13.0 Å². The Morgan fingerprint density at radius 2 is 1.89 bits per heavy atom. The molecule has 0 aliphatic carbocycles. The molecule has 2 aromatic rings. The lowest BCUT2D eigenvalue weighted by Crippen LogP contribution is -2.36. The monoisotopic (exact) mass is 384 g/mol. The van der Waals surface area contributed by atoms with Crippen molar-refractivity contribution in [2.45, 2.75) is 6.92 Å². The van der Waals surface area contributed by atoms with E-state index in [-0.39, 0.29) is 5.91 Å². The third kappa shape index (κ3) is 4.61. The van der Waals surface area contributed by atoms with Crippen molar-refractivity contribution in [3.05, 3.63) is 53.6 Å². The number of nitrogens with zero attached hydrogens (tertiary/aromatic N) is 1. The number of carbonyl (C=O) groups excluding carboxylic acids is 2. The van der Waals surface area contributed by atoms with E-state index in [0.29, 0.717) is 55.5 Å². The fourth-order valence-electron chi connectivity index (χ4n) is 3.05. The minimum absolute atomic E-state index is 0.280. The molecule has 1 aliphatic heterocycles. The van der Waals surface area contributed by atoms with Crippen LogP contribution in [0, 0.1) is 0 Å². The molecule has 1 N–H and O–H groups in total. The Kier molecular flexibility index (Phi) is 6.49. The van der Waals surface area contributed by atoms with Gasteiger partial charge in [-0.3, -0.25) is 4.79 Å². The third-order valence-corrected chi connectivity index (χ3v) is 4.42. The van der Waals surface area contributed by atoms with Gasteiger partial charge in [-0.25, -0.2) is 4.79 Å². The number of hydrogen-bond donors (Lipinski definition) is 1. The fourth-order valence-corrected chi connectivity index (χ4v) is 3.05. The van der Waals surface area contributed by atoms with Gasteiger partial charge in [0.05, 0.1) is 43.9 Å². The molecule has 0 radical (unpaired) electrons. The smallest absolute Gasteiger partial charge is 0.337 e. The topological polar surface area (TPSA) is 77.1 Å². The molecule has 0 atom stereocenters. The van der Waals surface area contributed by atoms with Gasteiger partial charge >= 0.3 is 5.97 Å². The van der Waals surface area contributed by atoms with E-state index < -0.39 is 5.97 Å².